The van der Waals surface area contributed by atoms with Crippen molar-refractivity contribution in [1.82, 2.24) is 14.9 Å². The van der Waals surface area contributed by atoms with Gasteiger partial charge in [-0.3, -0.25) is 14.3 Å². The average Bonchev–Trinajstić information content (AvgIpc) is 2.65. The van der Waals surface area contributed by atoms with Crippen LogP contribution in [-0.2, 0) is 13.0 Å². The van der Waals surface area contributed by atoms with E-state index in [0.717, 1.165) is 19.3 Å². The lowest BCUT2D eigenvalue weighted by Gasteiger charge is -2.25. The van der Waals surface area contributed by atoms with E-state index in [0.29, 0.717) is 24.7 Å². The summed E-state index contributed by atoms with van der Waals surface area (Å²) in [7, 11) is 0. The van der Waals surface area contributed by atoms with E-state index in [9.17, 15) is 9.59 Å². The molecule has 4 N–H and O–H groups in total. The molecule has 0 spiro atoms. The molecule has 0 unspecified atom stereocenters. The topological polar surface area (TPSA) is 96.2 Å². The molecule has 1 aromatic heterocycles. The van der Waals surface area contributed by atoms with Crippen molar-refractivity contribution < 1.29 is 0 Å². The van der Waals surface area contributed by atoms with Crippen LogP contribution in [0.5, 0.6) is 0 Å². The van der Waals surface area contributed by atoms with Gasteiger partial charge in [-0.25, -0.2) is 4.79 Å². The highest BCUT2D eigenvalue weighted by atomic mass is 32.1. The smallest absolute Gasteiger partial charge is 0.330 e. The van der Waals surface area contributed by atoms with Crippen LogP contribution in [-0.4, -0.2) is 27.8 Å². The van der Waals surface area contributed by atoms with Gasteiger partial charge in [-0.2, -0.15) is 0 Å². The fourth-order valence-corrected chi connectivity index (χ4v) is 3.16. The first kappa shape index (κ1) is 20.7. The van der Waals surface area contributed by atoms with Crippen LogP contribution in [0.2, 0.25) is 0 Å². The third-order valence-electron chi connectivity index (χ3n) is 4.31. The maximum Gasteiger partial charge on any atom is 0.330 e. The van der Waals surface area contributed by atoms with Crippen molar-refractivity contribution in [3.63, 3.8) is 0 Å². The largest absolute Gasteiger partial charge is 0.383 e. The average molecular weight is 390 g/mol. The van der Waals surface area contributed by atoms with E-state index >= 15 is 0 Å². The second kappa shape index (κ2) is 9.91. The van der Waals surface area contributed by atoms with Crippen molar-refractivity contribution in [2.75, 3.05) is 23.7 Å². The van der Waals surface area contributed by atoms with Crippen LogP contribution < -0.4 is 27.2 Å². The maximum atomic E-state index is 12.4. The maximum absolute atomic E-state index is 12.4. The fourth-order valence-electron chi connectivity index (χ4n) is 2.83. The zero-order chi connectivity index (χ0) is 19.8. The molecule has 2 rings (SSSR count). The van der Waals surface area contributed by atoms with Crippen LogP contribution in [0.4, 0.5) is 11.5 Å². The molecule has 0 radical (unpaired) electrons. The summed E-state index contributed by atoms with van der Waals surface area (Å²) in [6.45, 7) is 5.45. The molecule has 8 heteroatoms. The summed E-state index contributed by atoms with van der Waals surface area (Å²) in [6.07, 6.45) is 2.51. The number of nitrogen functional groups attached to an aromatic ring is 1. The summed E-state index contributed by atoms with van der Waals surface area (Å²) in [5, 5.41) is 3.58. The number of H-pyrrole nitrogens is 1. The monoisotopic (exact) mass is 389 g/mol. The number of hydrogen-bond donors (Lipinski definition) is 3. The number of nitrogens with two attached hydrogens (primary N) is 1. The number of aromatic nitrogens is 2. The standard InChI is InChI=1S/C19H27N5O2S/c1-3-5-13-24-16(20)15(17(25)22-18(24)26)23(4-2)19(27)21-12-11-14-9-7-6-8-10-14/h6-10H,3-5,11-13,20H2,1-2H3,(H,21,27)(H,22,25,26). The number of aromatic amines is 1. The summed E-state index contributed by atoms with van der Waals surface area (Å²) in [4.78, 5) is 28.5. The second-order valence-electron chi connectivity index (χ2n) is 6.21. The molecule has 0 amide bonds. The van der Waals surface area contributed by atoms with E-state index in [1.54, 1.807) is 4.90 Å². The molecular weight excluding hydrogens is 362 g/mol. The van der Waals surface area contributed by atoms with Crippen molar-refractivity contribution in [2.45, 2.75) is 39.7 Å². The Kier molecular flexibility index (Phi) is 7.60. The number of anilines is 2. The Balaban J connectivity index is 2.19. The van der Waals surface area contributed by atoms with Gasteiger partial charge < -0.3 is 16.0 Å². The first-order valence-corrected chi connectivity index (χ1v) is 9.62. The van der Waals surface area contributed by atoms with Gasteiger partial charge >= 0.3 is 5.69 Å². The first-order valence-electron chi connectivity index (χ1n) is 9.21. The summed E-state index contributed by atoms with van der Waals surface area (Å²) in [6, 6.07) is 10.1. The predicted octanol–water partition coefficient (Wildman–Crippen LogP) is 1.86. The highest BCUT2D eigenvalue weighted by Gasteiger charge is 2.20. The zero-order valence-corrected chi connectivity index (χ0v) is 16.6. The molecule has 1 aromatic carbocycles. The van der Waals surface area contributed by atoms with Crippen LogP contribution in [0, 0.1) is 0 Å². The Bertz CT molecular complexity index is 876. The molecule has 0 fully saturated rings. The van der Waals surface area contributed by atoms with Gasteiger partial charge in [-0.15, -0.1) is 0 Å². The lowest BCUT2D eigenvalue weighted by atomic mass is 10.1. The molecule has 2 aromatic rings. The van der Waals surface area contributed by atoms with Crippen molar-refractivity contribution in [3.05, 3.63) is 56.7 Å². The van der Waals surface area contributed by atoms with E-state index in [-0.39, 0.29) is 11.5 Å². The lowest BCUT2D eigenvalue weighted by molar-refractivity contribution is 0.604. The molecule has 0 aliphatic rings. The van der Waals surface area contributed by atoms with E-state index in [1.165, 1.54) is 10.1 Å². The summed E-state index contributed by atoms with van der Waals surface area (Å²) >= 11 is 5.47. The Hall–Kier alpha value is -2.61. The van der Waals surface area contributed by atoms with E-state index in [4.69, 9.17) is 18.0 Å². The van der Waals surface area contributed by atoms with Gasteiger partial charge in [0.2, 0.25) is 0 Å². The number of hydrogen-bond acceptors (Lipinski definition) is 4. The number of rotatable bonds is 8. The number of thiocarbonyl (C=S) groups is 1. The molecular formula is C19H27N5O2S. The number of benzene rings is 1. The van der Waals surface area contributed by atoms with Gasteiger partial charge in [-0.05, 0) is 37.5 Å². The molecule has 0 atom stereocenters. The summed E-state index contributed by atoms with van der Waals surface area (Å²) < 4.78 is 1.40. The van der Waals surface area contributed by atoms with Crippen molar-refractivity contribution >= 4 is 28.8 Å². The summed E-state index contributed by atoms with van der Waals surface area (Å²) in [5.74, 6) is 0.145. The molecule has 0 saturated heterocycles. The zero-order valence-electron chi connectivity index (χ0n) is 15.8. The molecule has 146 valence electrons. The van der Waals surface area contributed by atoms with Crippen LogP contribution in [0.25, 0.3) is 0 Å². The molecule has 0 aliphatic carbocycles. The third-order valence-corrected chi connectivity index (χ3v) is 4.68. The van der Waals surface area contributed by atoms with Crippen molar-refractivity contribution in [2.24, 2.45) is 0 Å². The van der Waals surface area contributed by atoms with Gasteiger partial charge in [0.15, 0.2) is 10.8 Å². The summed E-state index contributed by atoms with van der Waals surface area (Å²) in [5.41, 5.74) is 6.56. The van der Waals surface area contributed by atoms with Gasteiger partial charge in [-0.1, -0.05) is 43.7 Å². The molecule has 0 aliphatic heterocycles. The Labute approximate surface area is 164 Å². The highest BCUT2D eigenvalue weighted by molar-refractivity contribution is 7.80. The minimum absolute atomic E-state index is 0.145. The lowest BCUT2D eigenvalue weighted by Crippen LogP contribution is -2.45. The van der Waals surface area contributed by atoms with E-state index in [1.807, 2.05) is 32.0 Å². The van der Waals surface area contributed by atoms with Crippen LogP contribution >= 0.6 is 12.2 Å². The molecule has 7 nitrogen and oxygen atoms in total. The van der Waals surface area contributed by atoms with Crippen molar-refractivity contribution in [3.8, 4) is 0 Å². The Morgan fingerprint density at radius 2 is 1.96 bits per heavy atom. The predicted molar refractivity (Wildman–Crippen MR) is 114 cm³/mol. The molecule has 0 bridgehead atoms. The van der Waals surface area contributed by atoms with Gasteiger partial charge in [0.05, 0.1) is 0 Å². The van der Waals surface area contributed by atoms with E-state index < -0.39 is 11.2 Å². The first-order chi connectivity index (χ1) is 13.0. The number of unbranched alkanes of at least 4 members (excludes halogenated alkanes) is 1. The molecule has 27 heavy (non-hydrogen) atoms. The highest BCUT2D eigenvalue weighted by Crippen LogP contribution is 2.17. The third kappa shape index (κ3) is 5.19. The van der Waals surface area contributed by atoms with Crippen LogP contribution in [0.3, 0.4) is 0 Å². The minimum Gasteiger partial charge on any atom is -0.383 e. The molecule has 0 saturated carbocycles. The fraction of sp³-hybridized carbons (Fsp3) is 0.421. The molecule has 1 heterocycles. The Morgan fingerprint density at radius 3 is 2.59 bits per heavy atom. The Morgan fingerprint density at radius 1 is 1.26 bits per heavy atom. The normalized spacial score (nSPS) is 10.6. The number of nitrogens with one attached hydrogen (secondary N) is 2. The number of nitrogens with zero attached hydrogens (tertiary/aromatic N) is 2. The second-order valence-corrected chi connectivity index (χ2v) is 6.60. The van der Waals surface area contributed by atoms with Crippen LogP contribution in [0.1, 0.15) is 32.3 Å². The minimum atomic E-state index is -0.528. The SMILES string of the molecule is CCCCn1c(N)c(N(CC)C(=S)NCCc2ccccc2)c(=O)[nH]c1=O. The van der Waals surface area contributed by atoms with Gasteiger partial charge in [0.25, 0.3) is 5.56 Å². The quantitative estimate of drug-likeness (QED) is 0.597. The van der Waals surface area contributed by atoms with Crippen LogP contribution in [0.15, 0.2) is 39.9 Å². The van der Waals surface area contributed by atoms with Gasteiger partial charge in [0.1, 0.15) is 5.82 Å². The van der Waals surface area contributed by atoms with Crippen molar-refractivity contribution in [1.29, 1.82) is 0 Å². The van der Waals surface area contributed by atoms with E-state index in [2.05, 4.69) is 22.4 Å². The van der Waals surface area contributed by atoms with Gasteiger partial charge in [0, 0.05) is 19.6 Å².